The normalized spacial score (nSPS) is 22.3. The van der Waals surface area contributed by atoms with E-state index >= 15 is 0 Å². The molecule has 50 heavy (non-hydrogen) atoms. The zero-order valence-corrected chi connectivity index (χ0v) is 32.2. The molecule has 1 aliphatic rings. The van der Waals surface area contributed by atoms with E-state index in [1.807, 2.05) is 6.08 Å². The van der Waals surface area contributed by atoms with E-state index in [1.165, 1.54) is 128 Å². The molecule has 0 aromatic heterocycles. The zero-order chi connectivity index (χ0) is 36.7. The quantitative estimate of drug-likeness (QED) is 0.0293. The van der Waals surface area contributed by atoms with Crippen LogP contribution in [-0.4, -0.2) is 87.5 Å². The Hall–Kier alpha value is -1.07. The van der Waals surface area contributed by atoms with Crippen molar-refractivity contribution >= 4 is 5.91 Å². The van der Waals surface area contributed by atoms with E-state index < -0.39 is 49.5 Å². The van der Waals surface area contributed by atoms with E-state index in [0.717, 1.165) is 38.5 Å². The molecule has 0 aromatic rings. The first kappa shape index (κ1) is 47.0. The van der Waals surface area contributed by atoms with E-state index in [1.54, 1.807) is 6.08 Å². The second-order valence-electron chi connectivity index (χ2n) is 14.8. The van der Waals surface area contributed by atoms with E-state index in [-0.39, 0.29) is 12.5 Å². The number of carbonyl (C=O) groups is 1. The van der Waals surface area contributed by atoms with Gasteiger partial charge >= 0.3 is 0 Å². The van der Waals surface area contributed by atoms with E-state index in [0.29, 0.717) is 6.42 Å². The molecular weight excluding hydrogens is 634 g/mol. The van der Waals surface area contributed by atoms with Crippen LogP contribution in [0.15, 0.2) is 12.2 Å². The summed E-state index contributed by atoms with van der Waals surface area (Å²) in [6.45, 7) is 3.76. The van der Waals surface area contributed by atoms with E-state index in [4.69, 9.17) is 9.47 Å². The Bertz CT molecular complexity index is 797. The minimum Gasteiger partial charge on any atom is -0.394 e. The highest BCUT2D eigenvalue weighted by Crippen LogP contribution is 2.22. The third-order valence-electron chi connectivity index (χ3n) is 10.1. The third-order valence-corrected chi connectivity index (χ3v) is 10.1. The molecule has 1 aliphatic heterocycles. The van der Waals surface area contributed by atoms with Crippen LogP contribution in [0.5, 0.6) is 0 Å². The summed E-state index contributed by atoms with van der Waals surface area (Å²) >= 11 is 0. The van der Waals surface area contributed by atoms with Gasteiger partial charge in [-0.15, -0.1) is 0 Å². The van der Waals surface area contributed by atoms with E-state index in [9.17, 15) is 30.3 Å². The molecule has 9 heteroatoms. The van der Waals surface area contributed by atoms with Crippen molar-refractivity contribution in [1.82, 2.24) is 5.32 Å². The number of hydrogen-bond acceptors (Lipinski definition) is 8. The third kappa shape index (κ3) is 23.5. The van der Waals surface area contributed by atoms with Crippen LogP contribution in [0.4, 0.5) is 0 Å². The minimum atomic E-state index is -1.56. The summed E-state index contributed by atoms with van der Waals surface area (Å²) in [4.78, 5) is 12.9. The number of aliphatic hydroxyl groups is 5. The smallest absolute Gasteiger partial charge is 0.220 e. The predicted octanol–water partition coefficient (Wildman–Crippen LogP) is 7.78. The van der Waals surface area contributed by atoms with Gasteiger partial charge in [-0.05, 0) is 19.3 Å². The van der Waals surface area contributed by atoms with Gasteiger partial charge in [-0.1, -0.05) is 174 Å². The molecule has 0 spiro atoms. The van der Waals surface area contributed by atoms with Gasteiger partial charge in [0.1, 0.15) is 24.4 Å². The molecular formula is C41H79NO8. The van der Waals surface area contributed by atoms with Gasteiger partial charge in [-0.25, -0.2) is 0 Å². The number of ether oxygens (including phenoxy) is 2. The standard InChI is InChI=1S/C41H79NO8/c1-3-5-7-9-11-13-15-17-19-21-23-25-27-29-31-37(45)42-34(33-49-41-40(48)39(47)38(46)36(32-43)50-41)35(44)30-28-26-24-22-20-18-16-14-12-10-8-6-4-2/h28,30,34-36,38-41,43-44,46-48H,3-27,29,31-33H2,1-2H3,(H,42,45)/b30-28+/t34-,35+,36-,38-,39?,40?,41-/m0/s1. The molecule has 7 atom stereocenters. The van der Waals surface area contributed by atoms with Crippen LogP contribution in [0.3, 0.4) is 0 Å². The Morgan fingerprint density at radius 1 is 0.660 bits per heavy atom. The first-order valence-electron chi connectivity index (χ1n) is 20.9. The lowest BCUT2D eigenvalue weighted by molar-refractivity contribution is -0.302. The Morgan fingerprint density at radius 2 is 1.10 bits per heavy atom. The maximum absolute atomic E-state index is 12.9. The molecule has 0 aromatic carbocycles. The summed E-state index contributed by atoms with van der Waals surface area (Å²) in [5.41, 5.74) is 0. The van der Waals surface area contributed by atoms with Crippen LogP contribution < -0.4 is 5.32 Å². The van der Waals surface area contributed by atoms with Gasteiger partial charge in [0.05, 0.1) is 25.4 Å². The lowest BCUT2D eigenvalue weighted by Gasteiger charge is -2.40. The number of nitrogens with one attached hydrogen (secondary N) is 1. The maximum atomic E-state index is 12.9. The molecule has 1 heterocycles. The highest BCUT2D eigenvalue weighted by atomic mass is 16.7. The summed E-state index contributed by atoms with van der Waals surface area (Å²) in [7, 11) is 0. The molecule has 0 aliphatic carbocycles. The SMILES string of the molecule is CCCCCCCCCCCCC/C=C/[C@@H](O)[C@H](CO[C@H]1O[C@@H](CO)[C@H](O)C(O)C1O)NC(=O)CCCCCCCCCCCCCCCC. The van der Waals surface area contributed by atoms with Crippen molar-refractivity contribution in [3.05, 3.63) is 12.2 Å². The Kier molecular flexibility index (Phi) is 30.6. The molecule has 1 rings (SSSR count). The van der Waals surface area contributed by atoms with Gasteiger partial charge in [-0.3, -0.25) is 4.79 Å². The number of allylic oxidation sites excluding steroid dienone is 1. The van der Waals surface area contributed by atoms with Gasteiger partial charge in [-0.2, -0.15) is 0 Å². The fourth-order valence-corrected chi connectivity index (χ4v) is 6.68. The summed E-state index contributed by atoms with van der Waals surface area (Å²) in [6.07, 6.45) is 28.2. The van der Waals surface area contributed by atoms with Crippen LogP contribution in [-0.2, 0) is 14.3 Å². The van der Waals surface area contributed by atoms with E-state index in [2.05, 4.69) is 19.2 Å². The van der Waals surface area contributed by atoms with Gasteiger partial charge < -0.3 is 40.3 Å². The average molecular weight is 714 g/mol. The second kappa shape index (κ2) is 32.6. The van der Waals surface area contributed by atoms with Crippen molar-refractivity contribution in [3.8, 4) is 0 Å². The minimum absolute atomic E-state index is 0.177. The highest BCUT2D eigenvalue weighted by Gasteiger charge is 2.44. The molecule has 9 nitrogen and oxygen atoms in total. The molecule has 1 fully saturated rings. The Balaban J connectivity index is 2.41. The van der Waals surface area contributed by atoms with Crippen LogP contribution >= 0.6 is 0 Å². The molecule has 296 valence electrons. The first-order chi connectivity index (χ1) is 24.3. The van der Waals surface area contributed by atoms with Crippen LogP contribution in [0.1, 0.15) is 187 Å². The average Bonchev–Trinajstić information content (AvgIpc) is 3.11. The summed E-state index contributed by atoms with van der Waals surface area (Å²) in [6, 6.07) is -0.796. The highest BCUT2D eigenvalue weighted by molar-refractivity contribution is 5.76. The molecule has 0 radical (unpaired) electrons. The molecule has 1 amide bonds. The van der Waals surface area contributed by atoms with Crippen molar-refractivity contribution in [1.29, 1.82) is 0 Å². The molecule has 6 N–H and O–H groups in total. The first-order valence-corrected chi connectivity index (χ1v) is 20.9. The second-order valence-corrected chi connectivity index (χ2v) is 14.8. The Morgan fingerprint density at radius 3 is 1.56 bits per heavy atom. The summed E-state index contributed by atoms with van der Waals surface area (Å²) in [5.74, 6) is -0.177. The topological polar surface area (TPSA) is 149 Å². The number of rotatable bonds is 34. The lowest BCUT2D eigenvalue weighted by Crippen LogP contribution is -2.60. The molecule has 0 saturated carbocycles. The van der Waals surface area contributed by atoms with Gasteiger partial charge in [0.25, 0.3) is 0 Å². The predicted molar refractivity (Wildman–Crippen MR) is 203 cm³/mol. The summed E-state index contributed by atoms with van der Waals surface area (Å²) in [5, 5.41) is 54.0. The number of aliphatic hydroxyl groups excluding tert-OH is 5. The number of unbranched alkanes of at least 4 members (excludes halogenated alkanes) is 24. The van der Waals surface area contributed by atoms with Crippen LogP contribution in [0.2, 0.25) is 0 Å². The van der Waals surface area contributed by atoms with Crippen LogP contribution in [0, 0.1) is 0 Å². The summed E-state index contributed by atoms with van der Waals surface area (Å²) < 4.78 is 11.2. The number of carbonyl (C=O) groups excluding carboxylic acids is 1. The Labute approximate surface area is 306 Å². The van der Waals surface area contributed by atoms with Crippen molar-refractivity contribution in [2.75, 3.05) is 13.2 Å². The van der Waals surface area contributed by atoms with Gasteiger partial charge in [0.2, 0.25) is 5.91 Å². The fourth-order valence-electron chi connectivity index (χ4n) is 6.68. The zero-order valence-electron chi connectivity index (χ0n) is 32.2. The van der Waals surface area contributed by atoms with Crippen molar-refractivity contribution < 1.29 is 39.8 Å². The molecule has 0 bridgehead atoms. The maximum Gasteiger partial charge on any atom is 0.220 e. The molecule has 2 unspecified atom stereocenters. The molecule has 1 saturated heterocycles. The number of amides is 1. The van der Waals surface area contributed by atoms with Gasteiger partial charge in [0.15, 0.2) is 6.29 Å². The largest absolute Gasteiger partial charge is 0.394 e. The number of hydrogen-bond donors (Lipinski definition) is 6. The fraction of sp³-hybridized carbons (Fsp3) is 0.927. The lowest BCUT2D eigenvalue weighted by atomic mass is 9.99. The van der Waals surface area contributed by atoms with Crippen LogP contribution in [0.25, 0.3) is 0 Å². The van der Waals surface area contributed by atoms with Crippen molar-refractivity contribution in [2.24, 2.45) is 0 Å². The monoisotopic (exact) mass is 714 g/mol. The van der Waals surface area contributed by atoms with Gasteiger partial charge in [0, 0.05) is 6.42 Å². The van der Waals surface area contributed by atoms with Crippen molar-refractivity contribution in [3.63, 3.8) is 0 Å². The van der Waals surface area contributed by atoms with Crippen molar-refractivity contribution in [2.45, 2.75) is 230 Å².